The largest absolute Gasteiger partial charge is 0.392 e. The highest BCUT2D eigenvalue weighted by Crippen LogP contribution is 2.40. The molecule has 4 heteroatoms. The molecule has 3 nitrogen and oxygen atoms in total. The van der Waals surface area contributed by atoms with E-state index in [0.29, 0.717) is 6.04 Å². The third-order valence-corrected chi connectivity index (χ3v) is 5.25. The summed E-state index contributed by atoms with van der Waals surface area (Å²) in [5, 5.41) is 14.5. The number of nitrogens with zero attached hydrogens (tertiary/aromatic N) is 1. The summed E-state index contributed by atoms with van der Waals surface area (Å²) in [5.41, 5.74) is 2.19. The summed E-state index contributed by atoms with van der Waals surface area (Å²) in [4.78, 5) is 4.50. The minimum atomic E-state index is -0.195. The fraction of sp³-hybridized carbons (Fsp3) is 0.438. The third kappa shape index (κ3) is 2.26. The number of nitrogens with one attached hydrogen (secondary N) is 1. The molecule has 1 aromatic heterocycles. The first-order chi connectivity index (χ1) is 9.50. The normalized spacial score (nSPS) is 24.6. The van der Waals surface area contributed by atoms with Gasteiger partial charge >= 0.3 is 0 Å². The number of benzene rings is 1. The highest BCUT2D eigenvalue weighted by Gasteiger charge is 2.46. The molecule has 2 atom stereocenters. The molecule has 0 saturated heterocycles. The van der Waals surface area contributed by atoms with Crippen LogP contribution >= 0.6 is 15.9 Å². The van der Waals surface area contributed by atoms with Crippen molar-refractivity contribution in [3.63, 3.8) is 0 Å². The lowest BCUT2D eigenvalue weighted by atomic mass is 9.64. The molecule has 1 heterocycles. The van der Waals surface area contributed by atoms with Gasteiger partial charge in [-0.1, -0.05) is 41.9 Å². The van der Waals surface area contributed by atoms with Gasteiger partial charge in [-0.15, -0.1) is 0 Å². The van der Waals surface area contributed by atoms with Gasteiger partial charge in [0.1, 0.15) is 0 Å². The maximum Gasteiger partial charge on any atom is 0.0758 e. The van der Waals surface area contributed by atoms with E-state index in [1.54, 1.807) is 0 Å². The fourth-order valence-electron chi connectivity index (χ4n) is 2.82. The average molecular weight is 335 g/mol. The number of aliphatic hydroxyl groups is 1. The molecule has 1 aliphatic carbocycles. The maximum atomic E-state index is 9.79. The predicted octanol–water partition coefficient (Wildman–Crippen LogP) is 3.25. The molecule has 106 valence electrons. The summed E-state index contributed by atoms with van der Waals surface area (Å²) < 4.78 is 1.07. The van der Waals surface area contributed by atoms with Crippen molar-refractivity contribution in [2.45, 2.75) is 39.0 Å². The molecule has 3 rings (SSSR count). The Morgan fingerprint density at radius 3 is 2.90 bits per heavy atom. The van der Waals surface area contributed by atoms with Crippen LogP contribution in [0, 0.1) is 5.41 Å². The van der Waals surface area contributed by atoms with E-state index in [4.69, 9.17) is 0 Å². The van der Waals surface area contributed by atoms with Crippen molar-refractivity contribution in [1.29, 1.82) is 0 Å². The standard InChI is InChI=1S/C16H19BrN2O/c1-16(2)13(8-14(16)20)19-9-10-5-6-12(17)11-4-3-7-18-15(10)11/h3-7,13-14,19-20H,8-9H2,1-2H3. The SMILES string of the molecule is CC1(C)C(O)CC1NCc1ccc(Br)c2cccnc12. The zero-order chi connectivity index (χ0) is 14.3. The Morgan fingerprint density at radius 2 is 2.20 bits per heavy atom. The molecule has 0 bridgehead atoms. The molecular weight excluding hydrogens is 316 g/mol. The van der Waals surface area contributed by atoms with E-state index in [9.17, 15) is 5.11 Å². The molecule has 1 aromatic carbocycles. The smallest absolute Gasteiger partial charge is 0.0758 e. The molecule has 0 radical (unpaired) electrons. The molecule has 1 saturated carbocycles. The molecule has 1 fully saturated rings. The lowest BCUT2D eigenvalue weighted by molar-refractivity contribution is -0.0729. The number of rotatable bonds is 3. The number of hydrogen-bond acceptors (Lipinski definition) is 3. The number of hydrogen-bond donors (Lipinski definition) is 2. The van der Waals surface area contributed by atoms with E-state index < -0.39 is 0 Å². The van der Waals surface area contributed by atoms with Crippen molar-refractivity contribution in [3.8, 4) is 0 Å². The van der Waals surface area contributed by atoms with Crippen LogP contribution in [0.1, 0.15) is 25.8 Å². The van der Waals surface area contributed by atoms with Crippen molar-refractivity contribution in [2.75, 3.05) is 0 Å². The van der Waals surface area contributed by atoms with Crippen molar-refractivity contribution in [2.24, 2.45) is 5.41 Å². The van der Waals surface area contributed by atoms with Crippen LogP contribution in [0.2, 0.25) is 0 Å². The monoisotopic (exact) mass is 334 g/mol. The zero-order valence-corrected chi connectivity index (χ0v) is 13.3. The molecule has 2 N–H and O–H groups in total. The van der Waals surface area contributed by atoms with Gasteiger partial charge in [0.05, 0.1) is 11.6 Å². The molecule has 20 heavy (non-hydrogen) atoms. The molecule has 1 aliphatic rings. The number of fused-ring (bicyclic) bond motifs is 1. The van der Waals surface area contributed by atoms with Gasteiger partial charge in [-0.2, -0.15) is 0 Å². The summed E-state index contributed by atoms with van der Waals surface area (Å²) in [7, 11) is 0. The summed E-state index contributed by atoms with van der Waals surface area (Å²) in [6, 6.07) is 8.57. The van der Waals surface area contributed by atoms with Gasteiger partial charge in [-0.25, -0.2) is 0 Å². The van der Waals surface area contributed by atoms with Crippen molar-refractivity contribution in [3.05, 3.63) is 40.5 Å². The number of pyridine rings is 1. The second-order valence-electron chi connectivity index (χ2n) is 6.11. The Kier molecular flexibility index (Phi) is 3.56. The first kappa shape index (κ1) is 14.0. The van der Waals surface area contributed by atoms with Crippen LogP contribution in [-0.4, -0.2) is 22.2 Å². The molecule has 0 spiro atoms. The maximum absolute atomic E-state index is 9.79. The highest BCUT2D eigenvalue weighted by atomic mass is 79.9. The quantitative estimate of drug-likeness (QED) is 0.905. The van der Waals surface area contributed by atoms with Gasteiger partial charge in [0.25, 0.3) is 0 Å². The summed E-state index contributed by atoms with van der Waals surface area (Å²) in [6.07, 6.45) is 2.46. The van der Waals surface area contributed by atoms with Crippen LogP contribution < -0.4 is 5.32 Å². The molecular formula is C16H19BrN2O. The van der Waals surface area contributed by atoms with E-state index in [1.165, 1.54) is 5.56 Å². The van der Waals surface area contributed by atoms with Crippen LogP contribution in [-0.2, 0) is 6.54 Å². The Morgan fingerprint density at radius 1 is 1.40 bits per heavy atom. The Bertz CT molecular complexity index is 641. The Labute approximate surface area is 127 Å². The van der Waals surface area contributed by atoms with Crippen molar-refractivity contribution in [1.82, 2.24) is 10.3 Å². The highest BCUT2D eigenvalue weighted by molar-refractivity contribution is 9.10. The van der Waals surface area contributed by atoms with E-state index in [2.05, 4.69) is 58.3 Å². The van der Waals surface area contributed by atoms with E-state index in [-0.39, 0.29) is 11.5 Å². The third-order valence-electron chi connectivity index (χ3n) is 4.55. The van der Waals surface area contributed by atoms with Gasteiger partial charge in [0.15, 0.2) is 0 Å². The summed E-state index contributed by atoms with van der Waals surface area (Å²) >= 11 is 3.57. The number of aromatic nitrogens is 1. The first-order valence-corrected chi connectivity index (χ1v) is 7.73. The lowest BCUT2D eigenvalue weighted by Gasteiger charge is -2.49. The summed E-state index contributed by atoms with van der Waals surface area (Å²) in [6.45, 7) is 5.00. The number of halogens is 1. The minimum absolute atomic E-state index is 0.0431. The van der Waals surface area contributed by atoms with Crippen LogP contribution in [0.5, 0.6) is 0 Å². The van der Waals surface area contributed by atoms with Crippen molar-refractivity contribution < 1.29 is 5.11 Å². The van der Waals surface area contributed by atoms with Crippen LogP contribution in [0.3, 0.4) is 0 Å². The number of aliphatic hydroxyl groups excluding tert-OH is 1. The van der Waals surface area contributed by atoms with Gasteiger partial charge in [0.2, 0.25) is 0 Å². The zero-order valence-electron chi connectivity index (χ0n) is 11.7. The molecule has 2 aromatic rings. The predicted molar refractivity (Wildman–Crippen MR) is 84.5 cm³/mol. The molecule has 0 amide bonds. The van der Waals surface area contributed by atoms with Crippen LogP contribution in [0.25, 0.3) is 10.9 Å². The van der Waals surface area contributed by atoms with Gasteiger partial charge in [-0.3, -0.25) is 4.98 Å². The van der Waals surface area contributed by atoms with E-state index in [1.807, 2.05) is 12.3 Å². The van der Waals surface area contributed by atoms with E-state index >= 15 is 0 Å². The van der Waals surface area contributed by atoms with E-state index in [0.717, 1.165) is 28.3 Å². The molecule has 2 unspecified atom stereocenters. The summed E-state index contributed by atoms with van der Waals surface area (Å²) in [5.74, 6) is 0. The topological polar surface area (TPSA) is 45.1 Å². The lowest BCUT2D eigenvalue weighted by Crippen LogP contribution is -2.59. The van der Waals surface area contributed by atoms with Gasteiger partial charge in [0, 0.05) is 34.1 Å². The van der Waals surface area contributed by atoms with Gasteiger partial charge < -0.3 is 10.4 Å². The second-order valence-corrected chi connectivity index (χ2v) is 6.97. The average Bonchev–Trinajstić information content (AvgIpc) is 2.45. The first-order valence-electron chi connectivity index (χ1n) is 6.93. The second kappa shape index (κ2) is 5.10. The van der Waals surface area contributed by atoms with Crippen LogP contribution in [0.4, 0.5) is 0 Å². The molecule has 0 aliphatic heterocycles. The Balaban J connectivity index is 1.81. The Hall–Kier alpha value is -0.970. The van der Waals surface area contributed by atoms with Gasteiger partial charge in [-0.05, 0) is 24.1 Å². The minimum Gasteiger partial charge on any atom is -0.392 e. The van der Waals surface area contributed by atoms with Crippen molar-refractivity contribution >= 4 is 26.8 Å². The fourth-order valence-corrected chi connectivity index (χ4v) is 3.27. The van der Waals surface area contributed by atoms with Crippen LogP contribution in [0.15, 0.2) is 34.9 Å².